The van der Waals surface area contributed by atoms with Gasteiger partial charge in [0.1, 0.15) is 6.33 Å². The van der Waals surface area contributed by atoms with Gasteiger partial charge in [0.25, 0.3) is 0 Å². The molecular weight excluding hydrogens is 266 g/mol. The van der Waals surface area contributed by atoms with E-state index in [0.29, 0.717) is 17.3 Å². The number of aromatic nitrogens is 5. The Hall–Kier alpha value is -2.18. The van der Waals surface area contributed by atoms with Crippen LogP contribution < -0.4 is 10.6 Å². The third-order valence-corrected chi connectivity index (χ3v) is 4.47. The van der Waals surface area contributed by atoms with Crippen LogP contribution in [0.5, 0.6) is 0 Å². The third kappa shape index (κ3) is 2.81. The predicted octanol–water partition coefficient (Wildman–Crippen LogP) is 1.66. The van der Waals surface area contributed by atoms with E-state index in [1.807, 2.05) is 0 Å². The average Bonchev–Trinajstić information content (AvgIpc) is 3.02. The molecule has 1 aliphatic rings. The highest BCUT2D eigenvalue weighted by atomic mass is 15.3. The van der Waals surface area contributed by atoms with Crippen LogP contribution in [0.1, 0.15) is 33.1 Å². The van der Waals surface area contributed by atoms with E-state index in [-0.39, 0.29) is 5.95 Å². The zero-order valence-corrected chi connectivity index (χ0v) is 12.5. The van der Waals surface area contributed by atoms with Crippen molar-refractivity contribution in [2.24, 2.45) is 5.41 Å². The molecule has 21 heavy (non-hydrogen) atoms. The molecule has 2 N–H and O–H groups in total. The van der Waals surface area contributed by atoms with Gasteiger partial charge in [0.15, 0.2) is 0 Å². The largest absolute Gasteiger partial charge is 0.368 e. The maximum Gasteiger partial charge on any atom is 0.241 e. The van der Waals surface area contributed by atoms with Gasteiger partial charge in [-0.25, -0.2) is 4.98 Å². The second-order valence-corrected chi connectivity index (χ2v) is 5.91. The van der Waals surface area contributed by atoms with Crippen LogP contribution in [-0.4, -0.2) is 37.6 Å². The maximum atomic E-state index is 5.83. The Balaban J connectivity index is 1.83. The molecule has 1 aliphatic heterocycles. The summed E-state index contributed by atoms with van der Waals surface area (Å²) in [5, 5.41) is 0. The average molecular weight is 287 g/mol. The number of hydrogen-bond donors (Lipinski definition) is 1. The van der Waals surface area contributed by atoms with Crippen molar-refractivity contribution in [1.82, 2.24) is 24.5 Å². The van der Waals surface area contributed by atoms with E-state index in [1.54, 1.807) is 23.3 Å². The summed E-state index contributed by atoms with van der Waals surface area (Å²) in [5.74, 6) is 1.41. The van der Waals surface area contributed by atoms with Crippen molar-refractivity contribution in [2.45, 2.75) is 33.1 Å². The Bertz CT molecular complexity index is 600. The molecule has 0 amide bonds. The van der Waals surface area contributed by atoms with E-state index in [4.69, 9.17) is 5.73 Å². The maximum absolute atomic E-state index is 5.83. The molecular formula is C14H21N7. The lowest BCUT2D eigenvalue weighted by molar-refractivity contribution is 0.237. The Morgan fingerprint density at radius 2 is 1.90 bits per heavy atom. The molecule has 7 heteroatoms. The molecule has 1 saturated heterocycles. The van der Waals surface area contributed by atoms with Gasteiger partial charge in [-0.1, -0.05) is 20.3 Å². The molecule has 3 heterocycles. The number of rotatable bonds is 3. The number of imidazole rings is 1. The first-order valence-corrected chi connectivity index (χ1v) is 7.34. The van der Waals surface area contributed by atoms with E-state index in [1.165, 1.54) is 6.42 Å². The number of nitrogens with two attached hydrogens (primary N) is 1. The SMILES string of the molecule is CCC1(C)CCN(c2nc(N)nc(-n3ccnc3)n2)CC1. The molecule has 0 aromatic carbocycles. The Morgan fingerprint density at radius 3 is 2.52 bits per heavy atom. The van der Waals surface area contributed by atoms with E-state index >= 15 is 0 Å². The first-order valence-electron chi connectivity index (χ1n) is 7.34. The molecule has 7 nitrogen and oxygen atoms in total. The van der Waals surface area contributed by atoms with E-state index in [0.717, 1.165) is 25.9 Å². The van der Waals surface area contributed by atoms with Gasteiger partial charge in [-0.2, -0.15) is 15.0 Å². The van der Waals surface area contributed by atoms with Crippen LogP contribution in [0, 0.1) is 5.41 Å². The molecule has 2 aromatic rings. The topological polar surface area (TPSA) is 85.8 Å². The summed E-state index contributed by atoms with van der Waals surface area (Å²) in [4.78, 5) is 19.2. The van der Waals surface area contributed by atoms with Crippen molar-refractivity contribution in [1.29, 1.82) is 0 Å². The third-order valence-electron chi connectivity index (χ3n) is 4.47. The van der Waals surface area contributed by atoms with E-state index in [9.17, 15) is 0 Å². The highest BCUT2D eigenvalue weighted by Gasteiger charge is 2.29. The normalized spacial score (nSPS) is 17.9. The molecule has 2 aromatic heterocycles. The molecule has 0 atom stereocenters. The zero-order chi connectivity index (χ0) is 14.9. The summed E-state index contributed by atoms with van der Waals surface area (Å²) < 4.78 is 1.74. The monoisotopic (exact) mass is 287 g/mol. The Kier molecular flexibility index (Phi) is 3.48. The molecule has 112 valence electrons. The number of hydrogen-bond acceptors (Lipinski definition) is 6. The van der Waals surface area contributed by atoms with Crippen LogP contribution in [0.25, 0.3) is 5.95 Å². The molecule has 0 saturated carbocycles. The van der Waals surface area contributed by atoms with Gasteiger partial charge in [-0.05, 0) is 18.3 Å². The molecule has 1 fully saturated rings. The van der Waals surface area contributed by atoms with Crippen LogP contribution in [-0.2, 0) is 0 Å². The van der Waals surface area contributed by atoms with Crippen LogP contribution in [0.15, 0.2) is 18.7 Å². The van der Waals surface area contributed by atoms with E-state index in [2.05, 4.69) is 38.7 Å². The van der Waals surface area contributed by atoms with Crippen LogP contribution >= 0.6 is 0 Å². The van der Waals surface area contributed by atoms with Gasteiger partial charge >= 0.3 is 0 Å². The first-order chi connectivity index (χ1) is 10.1. The van der Waals surface area contributed by atoms with Crippen LogP contribution in [0.2, 0.25) is 0 Å². The molecule has 3 rings (SSSR count). The highest BCUT2D eigenvalue weighted by molar-refractivity contribution is 5.38. The van der Waals surface area contributed by atoms with Crippen molar-refractivity contribution in [3.8, 4) is 5.95 Å². The first kappa shape index (κ1) is 13.8. The van der Waals surface area contributed by atoms with Gasteiger partial charge in [0, 0.05) is 25.5 Å². The van der Waals surface area contributed by atoms with Crippen LogP contribution in [0.3, 0.4) is 0 Å². The van der Waals surface area contributed by atoms with Crippen molar-refractivity contribution >= 4 is 11.9 Å². The predicted molar refractivity (Wildman–Crippen MR) is 81.2 cm³/mol. The zero-order valence-electron chi connectivity index (χ0n) is 12.5. The number of anilines is 2. The minimum absolute atomic E-state index is 0.243. The van der Waals surface area contributed by atoms with Gasteiger partial charge in [-0.15, -0.1) is 0 Å². The summed E-state index contributed by atoms with van der Waals surface area (Å²) in [6.07, 6.45) is 8.64. The van der Waals surface area contributed by atoms with Gasteiger partial charge in [0.2, 0.25) is 17.8 Å². The molecule has 0 spiro atoms. The highest BCUT2D eigenvalue weighted by Crippen LogP contribution is 2.34. The van der Waals surface area contributed by atoms with Gasteiger partial charge in [-0.3, -0.25) is 4.57 Å². The Labute approximate surface area is 124 Å². The number of piperidine rings is 1. The fourth-order valence-electron chi connectivity index (χ4n) is 2.60. The Morgan fingerprint density at radius 1 is 1.19 bits per heavy atom. The van der Waals surface area contributed by atoms with Crippen molar-refractivity contribution in [2.75, 3.05) is 23.7 Å². The fraction of sp³-hybridized carbons (Fsp3) is 0.571. The van der Waals surface area contributed by atoms with Crippen LogP contribution in [0.4, 0.5) is 11.9 Å². The minimum atomic E-state index is 0.243. The minimum Gasteiger partial charge on any atom is -0.368 e. The molecule has 0 aliphatic carbocycles. The lowest BCUT2D eigenvalue weighted by Crippen LogP contribution is -2.39. The van der Waals surface area contributed by atoms with Crippen molar-refractivity contribution < 1.29 is 0 Å². The van der Waals surface area contributed by atoms with Gasteiger partial charge < -0.3 is 10.6 Å². The lowest BCUT2D eigenvalue weighted by atomic mass is 9.78. The fourth-order valence-corrected chi connectivity index (χ4v) is 2.60. The van der Waals surface area contributed by atoms with Crippen molar-refractivity contribution in [3.63, 3.8) is 0 Å². The summed E-state index contributed by atoms with van der Waals surface area (Å²) >= 11 is 0. The lowest BCUT2D eigenvalue weighted by Gasteiger charge is -2.38. The summed E-state index contributed by atoms with van der Waals surface area (Å²) in [7, 11) is 0. The summed E-state index contributed by atoms with van der Waals surface area (Å²) in [5.41, 5.74) is 6.26. The smallest absolute Gasteiger partial charge is 0.241 e. The molecule has 0 bridgehead atoms. The molecule has 0 unspecified atom stereocenters. The summed E-state index contributed by atoms with van der Waals surface area (Å²) in [6.45, 7) is 6.52. The number of nitrogens with zero attached hydrogens (tertiary/aromatic N) is 6. The summed E-state index contributed by atoms with van der Waals surface area (Å²) in [6, 6.07) is 0. The second kappa shape index (κ2) is 5.31. The second-order valence-electron chi connectivity index (χ2n) is 5.91. The molecule has 0 radical (unpaired) electrons. The van der Waals surface area contributed by atoms with E-state index < -0.39 is 0 Å². The standard InChI is InChI=1S/C14H21N7/c1-3-14(2)4-7-20(8-5-14)12-17-11(15)18-13(19-12)21-9-6-16-10-21/h6,9-10H,3-5,7-8H2,1-2H3,(H2,15,17,18,19). The van der Waals surface area contributed by atoms with Gasteiger partial charge in [0.05, 0.1) is 0 Å². The van der Waals surface area contributed by atoms with Crippen molar-refractivity contribution in [3.05, 3.63) is 18.7 Å². The quantitative estimate of drug-likeness (QED) is 0.924. The number of nitrogen functional groups attached to an aromatic ring is 1.